The van der Waals surface area contributed by atoms with Crippen LogP contribution < -0.4 is 0 Å². The smallest absolute Gasteiger partial charge is 0.326 e. The number of hydrogen-bond acceptors (Lipinski definition) is 3. The quantitative estimate of drug-likeness (QED) is 0.772. The first kappa shape index (κ1) is 18.9. The lowest BCUT2D eigenvalue weighted by Crippen LogP contribution is -2.45. The number of hydrogen-bond donors (Lipinski definition) is 1. The van der Waals surface area contributed by atoms with E-state index < -0.39 is 17.9 Å². The number of carbonyl (C=O) groups is 3. The van der Waals surface area contributed by atoms with Crippen LogP contribution in [0.3, 0.4) is 0 Å². The molecule has 1 N–H and O–H groups in total. The van der Waals surface area contributed by atoms with Crippen molar-refractivity contribution in [1.82, 2.24) is 4.90 Å². The van der Waals surface area contributed by atoms with Gasteiger partial charge in [0.25, 0.3) is 0 Å². The average molecular weight is 343 g/mol. The monoisotopic (exact) mass is 343 g/mol. The molecule has 0 saturated carbocycles. The Morgan fingerprint density at radius 3 is 2.52 bits per heavy atom. The molecule has 5 nitrogen and oxygen atoms in total. The lowest BCUT2D eigenvalue weighted by Gasteiger charge is -2.28. The van der Waals surface area contributed by atoms with Gasteiger partial charge in [0.15, 0.2) is 5.78 Å². The highest BCUT2D eigenvalue weighted by atomic mass is 16.4. The van der Waals surface area contributed by atoms with Crippen LogP contribution in [-0.2, 0) is 14.4 Å². The Balaban J connectivity index is 2.05. The van der Waals surface area contributed by atoms with E-state index in [-0.39, 0.29) is 24.0 Å². The van der Waals surface area contributed by atoms with Gasteiger partial charge in [0.2, 0.25) is 5.91 Å². The van der Waals surface area contributed by atoms with Gasteiger partial charge < -0.3 is 10.0 Å². The first-order chi connectivity index (χ1) is 11.9. The highest BCUT2D eigenvalue weighted by Crippen LogP contribution is 2.25. The second-order valence-electron chi connectivity index (χ2n) is 6.79. The number of likely N-dealkylation sites (tertiary alicyclic amines) is 1. The zero-order valence-corrected chi connectivity index (χ0v) is 14.7. The summed E-state index contributed by atoms with van der Waals surface area (Å²) in [5.41, 5.74) is 0.925. The summed E-state index contributed by atoms with van der Waals surface area (Å²) in [7, 11) is 0. The number of nitrogens with zero attached hydrogens (tertiary/aromatic N) is 1. The van der Waals surface area contributed by atoms with E-state index in [4.69, 9.17) is 0 Å². The van der Waals surface area contributed by atoms with Crippen LogP contribution in [0, 0.1) is 11.8 Å². The van der Waals surface area contributed by atoms with Crippen molar-refractivity contribution in [2.75, 3.05) is 6.54 Å². The van der Waals surface area contributed by atoms with Crippen molar-refractivity contribution in [1.29, 1.82) is 0 Å². The van der Waals surface area contributed by atoms with Crippen molar-refractivity contribution in [2.45, 2.75) is 39.2 Å². The van der Waals surface area contributed by atoms with Gasteiger partial charge in [-0.05, 0) is 30.4 Å². The third-order valence-corrected chi connectivity index (χ3v) is 4.63. The standard InChI is InChI=1S/C20H25NO4/c1-14(2)17(19(23)21-12-6-9-18(21)20(24)25)13-16(22)11-10-15-7-4-3-5-8-15/h3-5,7-8,10-11,14,17-18H,6,9,12-13H2,1-2H3,(H,24,25)/b11-10+/t17-,18-/m0/s1. The number of amides is 1. The Labute approximate surface area is 148 Å². The molecule has 0 aliphatic carbocycles. The summed E-state index contributed by atoms with van der Waals surface area (Å²) in [6.07, 6.45) is 4.50. The predicted octanol–water partition coefficient (Wildman–Crippen LogP) is 3.01. The molecule has 2 rings (SSSR count). The van der Waals surface area contributed by atoms with Crippen molar-refractivity contribution in [2.24, 2.45) is 11.8 Å². The van der Waals surface area contributed by atoms with E-state index in [9.17, 15) is 19.5 Å². The van der Waals surface area contributed by atoms with E-state index in [2.05, 4.69) is 0 Å². The van der Waals surface area contributed by atoms with Gasteiger partial charge in [-0.15, -0.1) is 0 Å². The van der Waals surface area contributed by atoms with Gasteiger partial charge in [0.1, 0.15) is 6.04 Å². The van der Waals surface area contributed by atoms with Crippen molar-refractivity contribution < 1.29 is 19.5 Å². The van der Waals surface area contributed by atoms with Crippen molar-refractivity contribution in [3.63, 3.8) is 0 Å². The van der Waals surface area contributed by atoms with Crippen LogP contribution in [0.1, 0.15) is 38.7 Å². The molecule has 1 fully saturated rings. The van der Waals surface area contributed by atoms with Crippen LogP contribution in [-0.4, -0.2) is 40.3 Å². The molecule has 2 atom stereocenters. The molecule has 5 heteroatoms. The van der Waals surface area contributed by atoms with E-state index in [1.807, 2.05) is 44.2 Å². The van der Waals surface area contributed by atoms with Gasteiger partial charge in [-0.1, -0.05) is 50.3 Å². The number of carboxylic acid groups (broad SMARTS) is 1. The van der Waals surface area contributed by atoms with Crippen molar-refractivity contribution in [3.05, 3.63) is 42.0 Å². The van der Waals surface area contributed by atoms with Gasteiger partial charge in [-0.2, -0.15) is 0 Å². The van der Waals surface area contributed by atoms with Gasteiger partial charge in [0.05, 0.1) is 0 Å². The van der Waals surface area contributed by atoms with Crippen LogP contribution in [0.4, 0.5) is 0 Å². The Morgan fingerprint density at radius 2 is 1.92 bits per heavy atom. The lowest BCUT2D eigenvalue weighted by atomic mass is 9.89. The van der Waals surface area contributed by atoms with E-state index in [1.165, 1.54) is 11.0 Å². The SMILES string of the molecule is CC(C)[C@H](CC(=O)/C=C/c1ccccc1)C(=O)N1CCC[C@H]1C(=O)O. The Kier molecular flexibility index (Phi) is 6.51. The molecule has 134 valence electrons. The molecule has 25 heavy (non-hydrogen) atoms. The molecule has 0 spiro atoms. The summed E-state index contributed by atoms with van der Waals surface area (Å²) in [4.78, 5) is 37.8. The minimum Gasteiger partial charge on any atom is -0.480 e. The lowest BCUT2D eigenvalue weighted by molar-refractivity contribution is -0.151. The molecular formula is C20H25NO4. The van der Waals surface area contributed by atoms with E-state index in [1.54, 1.807) is 6.08 Å². The molecule has 0 bridgehead atoms. The molecule has 1 aromatic carbocycles. The number of allylic oxidation sites excluding steroid dienone is 1. The second-order valence-corrected chi connectivity index (χ2v) is 6.79. The summed E-state index contributed by atoms with van der Waals surface area (Å²) >= 11 is 0. The fourth-order valence-corrected chi connectivity index (χ4v) is 3.15. The predicted molar refractivity (Wildman–Crippen MR) is 95.8 cm³/mol. The number of benzene rings is 1. The summed E-state index contributed by atoms with van der Waals surface area (Å²) in [6, 6.07) is 8.73. The number of ketones is 1. The second kappa shape index (κ2) is 8.60. The largest absolute Gasteiger partial charge is 0.480 e. The summed E-state index contributed by atoms with van der Waals surface area (Å²) in [6.45, 7) is 4.23. The normalized spacial score (nSPS) is 18.7. The van der Waals surface area contributed by atoms with Gasteiger partial charge in [0, 0.05) is 18.9 Å². The number of aliphatic carboxylic acids is 1. The van der Waals surface area contributed by atoms with Gasteiger partial charge in [-0.3, -0.25) is 9.59 Å². The van der Waals surface area contributed by atoms with Gasteiger partial charge >= 0.3 is 5.97 Å². The van der Waals surface area contributed by atoms with Crippen LogP contribution >= 0.6 is 0 Å². The molecule has 1 amide bonds. The average Bonchev–Trinajstić information content (AvgIpc) is 3.08. The summed E-state index contributed by atoms with van der Waals surface area (Å²) in [5.74, 6) is -1.84. The fourth-order valence-electron chi connectivity index (χ4n) is 3.15. The molecule has 0 aromatic heterocycles. The number of carbonyl (C=O) groups excluding carboxylic acids is 2. The zero-order chi connectivity index (χ0) is 18.4. The molecule has 0 unspecified atom stereocenters. The highest BCUT2D eigenvalue weighted by molar-refractivity contribution is 5.97. The molecule has 1 aliphatic rings. The maximum atomic E-state index is 12.8. The number of carboxylic acids is 1. The maximum absolute atomic E-state index is 12.8. The molecule has 1 aromatic rings. The topological polar surface area (TPSA) is 74.7 Å². The summed E-state index contributed by atoms with van der Waals surface area (Å²) in [5, 5.41) is 9.27. The molecule has 1 saturated heterocycles. The fraction of sp³-hybridized carbons (Fsp3) is 0.450. The minimum absolute atomic E-state index is 0.0309. The number of rotatable bonds is 7. The van der Waals surface area contributed by atoms with Gasteiger partial charge in [-0.25, -0.2) is 4.79 Å². The first-order valence-corrected chi connectivity index (χ1v) is 8.69. The first-order valence-electron chi connectivity index (χ1n) is 8.69. The van der Waals surface area contributed by atoms with Crippen LogP contribution in [0.25, 0.3) is 6.08 Å². The molecule has 0 radical (unpaired) electrons. The molecular weight excluding hydrogens is 318 g/mol. The van der Waals surface area contributed by atoms with E-state index >= 15 is 0 Å². The van der Waals surface area contributed by atoms with E-state index in [0.29, 0.717) is 19.4 Å². The minimum atomic E-state index is -0.969. The van der Waals surface area contributed by atoms with Crippen LogP contribution in [0.5, 0.6) is 0 Å². The third kappa shape index (κ3) is 5.02. The van der Waals surface area contributed by atoms with Crippen molar-refractivity contribution >= 4 is 23.7 Å². The van der Waals surface area contributed by atoms with Crippen LogP contribution in [0.2, 0.25) is 0 Å². The van der Waals surface area contributed by atoms with Crippen molar-refractivity contribution in [3.8, 4) is 0 Å². The highest BCUT2D eigenvalue weighted by Gasteiger charge is 2.38. The molecule has 1 heterocycles. The molecule has 1 aliphatic heterocycles. The van der Waals surface area contributed by atoms with Crippen LogP contribution in [0.15, 0.2) is 36.4 Å². The van der Waals surface area contributed by atoms with E-state index in [0.717, 1.165) is 5.56 Å². The Hall–Kier alpha value is -2.43. The Bertz CT molecular complexity index is 651. The zero-order valence-electron chi connectivity index (χ0n) is 14.7. The summed E-state index contributed by atoms with van der Waals surface area (Å²) < 4.78 is 0. The Morgan fingerprint density at radius 1 is 1.24 bits per heavy atom. The maximum Gasteiger partial charge on any atom is 0.326 e. The third-order valence-electron chi connectivity index (χ3n) is 4.63.